The van der Waals surface area contributed by atoms with E-state index in [2.05, 4.69) is 31.4 Å². The predicted molar refractivity (Wildman–Crippen MR) is 121 cm³/mol. The lowest BCUT2D eigenvalue weighted by Crippen LogP contribution is -2.47. The van der Waals surface area contributed by atoms with Crippen molar-refractivity contribution < 1.29 is 19.4 Å². The fraction of sp³-hybridized carbons (Fsp3) is 0.500. The number of anilines is 1. The van der Waals surface area contributed by atoms with Crippen LogP contribution < -0.4 is 5.32 Å². The Kier molecular flexibility index (Phi) is 6.87. The maximum absolute atomic E-state index is 13.3. The Balaban J connectivity index is 0.000000821. The number of rotatable bonds is 4. The number of H-pyrrole nitrogens is 1. The molecule has 0 radical (unpaired) electrons. The molecule has 1 aliphatic carbocycles. The molecule has 3 aromatic rings. The summed E-state index contributed by atoms with van der Waals surface area (Å²) in [6.45, 7) is 3.85. The summed E-state index contributed by atoms with van der Waals surface area (Å²) in [4.78, 5) is 35.5. The van der Waals surface area contributed by atoms with Crippen LogP contribution in [0.1, 0.15) is 30.7 Å². The minimum Gasteiger partial charge on any atom is -0.483 e. The Hall–Kier alpha value is -3.47. The van der Waals surface area contributed by atoms with E-state index in [0.29, 0.717) is 13.1 Å². The van der Waals surface area contributed by atoms with Gasteiger partial charge in [0.05, 0.1) is 42.0 Å². The van der Waals surface area contributed by atoms with Crippen molar-refractivity contribution in [3.63, 3.8) is 0 Å². The smallest absolute Gasteiger partial charge is 0.290 e. The molecule has 11 nitrogen and oxygen atoms in total. The number of nitrogens with one attached hydrogen (secondary N) is 2. The van der Waals surface area contributed by atoms with Gasteiger partial charge >= 0.3 is 0 Å². The highest BCUT2D eigenvalue weighted by atomic mass is 16.5. The molecule has 1 amide bonds. The molecule has 11 heteroatoms. The summed E-state index contributed by atoms with van der Waals surface area (Å²) in [5.41, 5.74) is 2.92. The number of carboxylic acid groups (broad SMARTS) is 1. The van der Waals surface area contributed by atoms with Gasteiger partial charge in [-0.2, -0.15) is 5.10 Å². The Morgan fingerprint density at radius 1 is 1.33 bits per heavy atom. The van der Waals surface area contributed by atoms with Gasteiger partial charge in [0.1, 0.15) is 17.8 Å². The van der Waals surface area contributed by atoms with Crippen LogP contribution in [-0.4, -0.2) is 72.9 Å². The minimum absolute atomic E-state index is 0.0169. The van der Waals surface area contributed by atoms with Crippen LogP contribution in [0.25, 0.3) is 11.0 Å². The average molecular weight is 456 g/mol. The van der Waals surface area contributed by atoms with Crippen LogP contribution >= 0.6 is 0 Å². The van der Waals surface area contributed by atoms with Gasteiger partial charge in [0.2, 0.25) is 5.91 Å². The Bertz CT molecular complexity index is 1110. The fourth-order valence-electron chi connectivity index (χ4n) is 4.82. The largest absolute Gasteiger partial charge is 0.483 e. The molecule has 3 atom stereocenters. The molecule has 176 valence electrons. The number of aromatic amines is 1. The van der Waals surface area contributed by atoms with Crippen LogP contribution in [0.2, 0.25) is 0 Å². The predicted octanol–water partition coefficient (Wildman–Crippen LogP) is 1.80. The van der Waals surface area contributed by atoms with Crippen LogP contribution in [0.5, 0.6) is 0 Å². The summed E-state index contributed by atoms with van der Waals surface area (Å²) in [5, 5.41) is 15.9. The molecule has 3 N–H and O–H groups in total. The van der Waals surface area contributed by atoms with Crippen molar-refractivity contribution >= 4 is 29.2 Å². The molecular formula is C22H29N7O4. The molecule has 0 saturated heterocycles. The molecular weight excluding hydrogens is 426 g/mol. The third-order valence-corrected chi connectivity index (χ3v) is 6.35. The number of amides is 1. The first-order chi connectivity index (χ1) is 16.0. The average Bonchev–Trinajstić information content (AvgIpc) is 3.44. The first kappa shape index (κ1) is 22.7. The Morgan fingerprint density at radius 2 is 2.15 bits per heavy atom. The first-order valence-corrected chi connectivity index (χ1v) is 11.0. The Morgan fingerprint density at radius 3 is 2.94 bits per heavy atom. The van der Waals surface area contributed by atoms with Crippen molar-refractivity contribution in [3.05, 3.63) is 36.0 Å². The standard InChI is InChI=1S/C21H27N7O2.CH2O2/c1-13-9-15-11-27(7-8-28(15)26-13)21(29)14-3-4-18(30-2)17(10-14)25-20-16-5-6-22-19(16)23-12-24-20;2-1-3/h5-6,9,12,14,17-18H,3-4,7-8,10-11H2,1-2H3,(H2,22,23,24,25);1H,(H,2,3)/t14-,17+,18+;/m0./s1. The lowest BCUT2D eigenvalue weighted by Gasteiger charge is -2.38. The summed E-state index contributed by atoms with van der Waals surface area (Å²) in [7, 11) is 1.74. The van der Waals surface area contributed by atoms with E-state index in [1.54, 1.807) is 13.4 Å². The zero-order valence-electron chi connectivity index (χ0n) is 18.8. The molecule has 4 heterocycles. The second-order valence-electron chi connectivity index (χ2n) is 8.36. The van der Waals surface area contributed by atoms with Gasteiger partial charge < -0.3 is 25.0 Å². The second-order valence-corrected chi connectivity index (χ2v) is 8.36. The molecule has 2 aliphatic rings. The monoisotopic (exact) mass is 455 g/mol. The van der Waals surface area contributed by atoms with Crippen LogP contribution in [-0.2, 0) is 27.4 Å². The van der Waals surface area contributed by atoms with Gasteiger partial charge in [-0.25, -0.2) is 9.97 Å². The van der Waals surface area contributed by atoms with Crippen molar-refractivity contribution in [1.29, 1.82) is 0 Å². The van der Waals surface area contributed by atoms with E-state index in [0.717, 1.165) is 54.0 Å². The zero-order chi connectivity index (χ0) is 23.4. The lowest BCUT2D eigenvalue weighted by molar-refractivity contribution is -0.139. The second kappa shape index (κ2) is 9.99. The number of methoxy groups -OCH3 is 1. The number of hydrogen-bond donors (Lipinski definition) is 3. The van der Waals surface area contributed by atoms with E-state index < -0.39 is 0 Å². The quantitative estimate of drug-likeness (QED) is 0.506. The van der Waals surface area contributed by atoms with E-state index >= 15 is 0 Å². The number of aromatic nitrogens is 5. The highest BCUT2D eigenvalue weighted by Crippen LogP contribution is 2.32. The fourth-order valence-corrected chi connectivity index (χ4v) is 4.82. The van der Waals surface area contributed by atoms with E-state index in [-0.39, 0.29) is 30.4 Å². The van der Waals surface area contributed by atoms with Gasteiger partial charge in [-0.05, 0) is 38.3 Å². The molecule has 5 rings (SSSR count). The minimum atomic E-state index is -0.250. The lowest BCUT2D eigenvalue weighted by atomic mass is 9.82. The van der Waals surface area contributed by atoms with E-state index in [9.17, 15) is 4.79 Å². The summed E-state index contributed by atoms with van der Waals surface area (Å²) in [6, 6.07) is 4.05. The maximum atomic E-state index is 13.3. The van der Waals surface area contributed by atoms with Crippen LogP contribution in [0.15, 0.2) is 24.7 Å². The number of nitrogens with zero attached hydrogens (tertiary/aromatic N) is 5. The third-order valence-electron chi connectivity index (χ3n) is 6.35. The normalized spacial score (nSPS) is 22.2. The molecule has 0 spiro atoms. The summed E-state index contributed by atoms with van der Waals surface area (Å²) < 4.78 is 7.76. The summed E-state index contributed by atoms with van der Waals surface area (Å²) >= 11 is 0. The van der Waals surface area contributed by atoms with Crippen molar-refractivity contribution in [2.75, 3.05) is 19.0 Å². The summed E-state index contributed by atoms with van der Waals surface area (Å²) in [5.74, 6) is 0.989. The molecule has 3 aromatic heterocycles. The maximum Gasteiger partial charge on any atom is 0.290 e. The van der Waals surface area contributed by atoms with E-state index in [4.69, 9.17) is 14.6 Å². The number of aryl methyl sites for hydroxylation is 1. The van der Waals surface area contributed by atoms with Crippen molar-refractivity contribution in [1.82, 2.24) is 29.6 Å². The first-order valence-electron chi connectivity index (χ1n) is 11.0. The number of ether oxygens (including phenoxy) is 1. The van der Waals surface area contributed by atoms with Gasteiger partial charge in [-0.1, -0.05) is 0 Å². The van der Waals surface area contributed by atoms with E-state index in [1.165, 1.54) is 0 Å². The molecule has 0 aromatic carbocycles. The zero-order valence-corrected chi connectivity index (χ0v) is 18.8. The van der Waals surface area contributed by atoms with Crippen molar-refractivity contribution in [2.24, 2.45) is 5.92 Å². The van der Waals surface area contributed by atoms with Gasteiger partial charge in [-0.3, -0.25) is 14.3 Å². The molecule has 1 saturated carbocycles. The Labute approximate surface area is 191 Å². The van der Waals surface area contributed by atoms with Crippen LogP contribution in [0, 0.1) is 12.8 Å². The number of carbonyl (C=O) groups excluding carboxylic acids is 1. The summed E-state index contributed by atoms with van der Waals surface area (Å²) in [6.07, 6.45) is 5.86. The van der Waals surface area contributed by atoms with E-state index in [1.807, 2.05) is 28.8 Å². The molecule has 1 aliphatic heterocycles. The molecule has 33 heavy (non-hydrogen) atoms. The van der Waals surface area contributed by atoms with Crippen LogP contribution in [0.3, 0.4) is 0 Å². The van der Waals surface area contributed by atoms with Gasteiger partial charge in [0.25, 0.3) is 6.47 Å². The molecule has 1 fully saturated rings. The van der Waals surface area contributed by atoms with Crippen molar-refractivity contribution in [3.8, 4) is 0 Å². The van der Waals surface area contributed by atoms with Crippen LogP contribution in [0.4, 0.5) is 5.82 Å². The third kappa shape index (κ3) is 4.82. The van der Waals surface area contributed by atoms with Crippen molar-refractivity contribution in [2.45, 2.75) is 51.4 Å². The molecule has 0 bridgehead atoms. The number of carbonyl (C=O) groups is 2. The number of hydrogen-bond acceptors (Lipinski definition) is 7. The topological polar surface area (TPSA) is 138 Å². The SMILES string of the molecule is CO[C@@H]1CC[C@H](C(=O)N2CCn3nc(C)cc3C2)C[C@H]1Nc1ncnc2[nH]ccc12.O=CO. The highest BCUT2D eigenvalue weighted by molar-refractivity contribution is 5.87. The highest BCUT2D eigenvalue weighted by Gasteiger charge is 2.37. The van der Waals surface area contributed by atoms with Gasteiger partial charge in [0, 0.05) is 25.8 Å². The van der Waals surface area contributed by atoms with Gasteiger partial charge in [-0.15, -0.1) is 0 Å². The number of fused-ring (bicyclic) bond motifs is 2. The molecule has 0 unspecified atom stereocenters. The van der Waals surface area contributed by atoms with Gasteiger partial charge in [0.15, 0.2) is 0 Å².